The van der Waals surface area contributed by atoms with Crippen LogP contribution in [-0.4, -0.2) is 32.9 Å². The Morgan fingerprint density at radius 1 is 0.938 bits per heavy atom. The van der Waals surface area contributed by atoms with Gasteiger partial charge in [0.05, 0.1) is 20.4 Å². The number of nitrogens with zero attached hydrogens (tertiary/aromatic N) is 1. The van der Waals surface area contributed by atoms with E-state index in [0.717, 1.165) is 11.1 Å². The van der Waals surface area contributed by atoms with Crippen molar-refractivity contribution >= 4 is 23.7 Å². The van der Waals surface area contributed by atoms with Gasteiger partial charge in [-0.15, -0.1) is 0 Å². The van der Waals surface area contributed by atoms with E-state index >= 15 is 0 Å². The van der Waals surface area contributed by atoms with Crippen molar-refractivity contribution in [3.63, 3.8) is 0 Å². The Labute approximate surface area is 191 Å². The van der Waals surface area contributed by atoms with Crippen molar-refractivity contribution in [1.29, 1.82) is 0 Å². The summed E-state index contributed by atoms with van der Waals surface area (Å²) in [5.41, 5.74) is 4.02. The molecular formula is C24H23ClN2O5. The zero-order chi connectivity index (χ0) is 22.8. The molecule has 3 rings (SSSR count). The second-order valence-electron chi connectivity index (χ2n) is 6.55. The molecule has 0 saturated heterocycles. The first-order chi connectivity index (χ1) is 15.6. The summed E-state index contributed by atoms with van der Waals surface area (Å²) in [5, 5.41) is 4.59. The van der Waals surface area contributed by atoms with Crippen LogP contribution in [-0.2, 0) is 11.4 Å². The Balaban J connectivity index is 1.51. The molecule has 0 fully saturated rings. The minimum Gasteiger partial charge on any atom is -0.497 e. The fourth-order valence-electron chi connectivity index (χ4n) is 2.69. The maximum Gasteiger partial charge on any atom is 0.277 e. The largest absolute Gasteiger partial charge is 0.497 e. The molecule has 7 nitrogen and oxygen atoms in total. The molecule has 0 aliphatic carbocycles. The normalized spacial score (nSPS) is 10.6. The van der Waals surface area contributed by atoms with Gasteiger partial charge >= 0.3 is 0 Å². The predicted octanol–water partition coefficient (Wildman–Crippen LogP) is 4.47. The number of rotatable bonds is 10. The van der Waals surface area contributed by atoms with Gasteiger partial charge in [0.15, 0.2) is 18.1 Å². The molecule has 0 aromatic heterocycles. The van der Waals surface area contributed by atoms with Gasteiger partial charge in [-0.3, -0.25) is 4.79 Å². The molecule has 0 unspecified atom stereocenters. The summed E-state index contributed by atoms with van der Waals surface area (Å²) in [7, 11) is 3.13. The monoisotopic (exact) mass is 454 g/mol. The summed E-state index contributed by atoms with van der Waals surface area (Å²) < 4.78 is 21.7. The van der Waals surface area contributed by atoms with Crippen LogP contribution < -0.4 is 24.4 Å². The van der Waals surface area contributed by atoms with Crippen molar-refractivity contribution in [1.82, 2.24) is 5.43 Å². The van der Waals surface area contributed by atoms with Gasteiger partial charge in [-0.25, -0.2) is 5.43 Å². The van der Waals surface area contributed by atoms with Crippen LogP contribution in [0.3, 0.4) is 0 Å². The molecule has 0 spiro atoms. The van der Waals surface area contributed by atoms with Crippen molar-refractivity contribution < 1.29 is 23.7 Å². The Morgan fingerprint density at radius 2 is 1.69 bits per heavy atom. The molecule has 0 bridgehead atoms. The molecule has 166 valence electrons. The molecule has 1 amide bonds. The van der Waals surface area contributed by atoms with Crippen molar-refractivity contribution in [3.8, 4) is 23.0 Å². The number of carbonyl (C=O) groups excluding carboxylic acids is 1. The van der Waals surface area contributed by atoms with E-state index in [1.54, 1.807) is 56.7 Å². The number of hydrogen-bond acceptors (Lipinski definition) is 6. The number of methoxy groups -OCH3 is 2. The van der Waals surface area contributed by atoms with Gasteiger partial charge in [0.1, 0.15) is 18.1 Å². The van der Waals surface area contributed by atoms with Crippen LogP contribution in [0.15, 0.2) is 71.8 Å². The summed E-state index contributed by atoms with van der Waals surface area (Å²) in [4.78, 5) is 11.9. The topological polar surface area (TPSA) is 78.4 Å². The quantitative estimate of drug-likeness (QED) is 0.361. The summed E-state index contributed by atoms with van der Waals surface area (Å²) in [5.74, 6) is 1.99. The standard InChI is InChI=1S/C24H23ClN2O5/c1-29-19-8-10-20(11-9-19)31-16-24(28)27-26-14-17-7-12-22(23(13-17)30-2)32-15-18-5-3-4-6-21(18)25/h3-14H,15-16H2,1-2H3,(H,27,28)/b26-14+. The SMILES string of the molecule is COc1ccc(OCC(=O)N/N=C/c2ccc(OCc3ccccc3Cl)c(OC)c2)cc1. The van der Waals surface area contributed by atoms with Crippen LogP contribution in [0, 0.1) is 0 Å². The predicted molar refractivity (Wildman–Crippen MR) is 123 cm³/mol. The molecule has 3 aromatic rings. The molecule has 1 N–H and O–H groups in total. The molecule has 0 aliphatic rings. The lowest BCUT2D eigenvalue weighted by atomic mass is 10.2. The highest BCUT2D eigenvalue weighted by Crippen LogP contribution is 2.29. The van der Waals surface area contributed by atoms with Gasteiger partial charge in [0, 0.05) is 10.6 Å². The van der Waals surface area contributed by atoms with Crippen LogP contribution in [0.25, 0.3) is 0 Å². The van der Waals surface area contributed by atoms with E-state index in [4.69, 9.17) is 30.5 Å². The fourth-order valence-corrected chi connectivity index (χ4v) is 2.88. The first-order valence-electron chi connectivity index (χ1n) is 9.72. The lowest BCUT2D eigenvalue weighted by Crippen LogP contribution is -2.24. The first kappa shape index (κ1) is 23.0. The fraction of sp³-hybridized carbons (Fsp3) is 0.167. The number of hydrazone groups is 1. The van der Waals surface area contributed by atoms with E-state index in [1.807, 2.05) is 24.3 Å². The highest BCUT2D eigenvalue weighted by atomic mass is 35.5. The van der Waals surface area contributed by atoms with Crippen molar-refractivity contribution in [3.05, 3.63) is 82.9 Å². The third-order valence-corrected chi connectivity index (χ3v) is 4.73. The van der Waals surface area contributed by atoms with Crippen molar-refractivity contribution in [2.75, 3.05) is 20.8 Å². The van der Waals surface area contributed by atoms with E-state index < -0.39 is 0 Å². The maximum atomic E-state index is 11.9. The highest BCUT2D eigenvalue weighted by Gasteiger charge is 2.07. The Kier molecular flexibility index (Phi) is 8.34. The highest BCUT2D eigenvalue weighted by molar-refractivity contribution is 6.31. The molecule has 8 heteroatoms. The zero-order valence-corrected chi connectivity index (χ0v) is 18.5. The minimum absolute atomic E-state index is 0.165. The molecule has 0 aliphatic heterocycles. The average molecular weight is 455 g/mol. The van der Waals surface area contributed by atoms with E-state index in [0.29, 0.717) is 34.6 Å². The lowest BCUT2D eigenvalue weighted by Gasteiger charge is -2.12. The van der Waals surface area contributed by atoms with E-state index in [-0.39, 0.29) is 12.5 Å². The number of halogens is 1. The third kappa shape index (κ3) is 6.65. The second kappa shape index (κ2) is 11.6. The smallest absolute Gasteiger partial charge is 0.277 e. The number of nitrogens with one attached hydrogen (secondary N) is 1. The average Bonchev–Trinajstić information content (AvgIpc) is 2.83. The summed E-state index contributed by atoms with van der Waals surface area (Å²) in [6.45, 7) is 0.148. The van der Waals surface area contributed by atoms with Gasteiger partial charge in [0.25, 0.3) is 5.91 Å². The Hall–Kier alpha value is -3.71. The van der Waals surface area contributed by atoms with Gasteiger partial charge in [0.2, 0.25) is 0 Å². The van der Waals surface area contributed by atoms with Crippen molar-refractivity contribution in [2.24, 2.45) is 5.10 Å². The van der Waals surface area contributed by atoms with Crippen LogP contribution >= 0.6 is 11.6 Å². The van der Waals surface area contributed by atoms with Gasteiger partial charge < -0.3 is 18.9 Å². The van der Waals surface area contributed by atoms with Gasteiger partial charge in [-0.05, 0) is 54.1 Å². The third-order valence-electron chi connectivity index (χ3n) is 4.36. The molecule has 32 heavy (non-hydrogen) atoms. The second-order valence-corrected chi connectivity index (χ2v) is 6.95. The van der Waals surface area contributed by atoms with Crippen LogP contribution in [0.1, 0.15) is 11.1 Å². The number of ether oxygens (including phenoxy) is 4. The van der Waals surface area contributed by atoms with E-state index in [9.17, 15) is 4.79 Å². The Bertz CT molecular complexity index is 1070. The summed E-state index contributed by atoms with van der Waals surface area (Å²) in [6.07, 6.45) is 1.51. The van der Waals surface area contributed by atoms with Crippen LogP contribution in [0.2, 0.25) is 5.02 Å². The van der Waals surface area contributed by atoms with E-state index in [1.165, 1.54) is 6.21 Å². The van der Waals surface area contributed by atoms with Crippen molar-refractivity contribution in [2.45, 2.75) is 6.61 Å². The first-order valence-corrected chi connectivity index (χ1v) is 10.1. The minimum atomic E-state index is -0.385. The molecule has 3 aromatic carbocycles. The number of hydrogen-bond donors (Lipinski definition) is 1. The lowest BCUT2D eigenvalue weighted by molar-refractivity contribution is -0.123. The number of benzene rings is 3. The molecule has 0 atom stereocenters. The van der Waals surface area contributed by atoms with E-state index in [2.05, 4.69) is 10.5 Å². The number of amides is 1. The van der Waals surface area contributed by atoms with Gasteiger partial charge in [-0.1, -0.05) is 29.8 Å². The summed E-state index contributed by atoms with van der Waals surface area (Å²) in [6, 6.07) is 19.7. The number of carbonyl (C=O) groups is 1. The maximum absolute atomic E-state index is 11.9. The Morgan fingerprint density at radius 3 is 2.41 bits per heavy atom. The molecule has 0 saturated carbocycles. The van der Waals surface area contributed by atoms with Gasteiger partial charge in [-0.2, -0.15) is 5.10 Å². The van der Waals surface area contributed by atoms with Crippen LogP contribution in [0.5, 0.6) is 23.0 Å². The summed E-state index contributed by atoms with van der Waals surface area (Å²) >= 11 is 6.16. The zero-order valence-electron chi connectivity index (χ0n) is 17.7. The molecule has 0 heterocycles. The molecule has 0 radical (unpaired) electrons. The molecular weight excluding hydrogens is 432 g/mol. The van der Waals surface area contributed by atoms with Crippen LogP contribution in [0.4, 0.5) is 0 Å².